The van der Waals surface area contributed by atoms with Crippen molar-refractivity contribution in [3.8, 4) is 0 Å². The van der Waals surface area contributed by atoms with E-state index in [9.17, 15) is 14.0 Å². The summed E-state index contributed by atoms with van der Waals surface area (Å²) in [4.78, 5) is 24.5. The number of nitrogens with zero attached hydrogens (tertiary/aromatic N) is 1. The second kappa shape index (κ2) is 5.73. The Morgan fingerprint density at radius 2 is 2.08 bits per heavy atom. The third-order valence-electron chi connectivity index (χ3n) is 4.42. The average Bonchev–Trinajstić information content (AvgIpc) is 2.98. The monoisotopic (exact) mass is 337 g/mol. The second-order valence-electron chi connectivity index (χ2n) is 6.20. The van der Waals surface area contributed by atoms with Crippen LogP contribution in [-0.2, 0) is 0 Å². The van der Waals surface area contributed by atoms with Gasteiger partial charge in [0.05, 0.1) is 0 Å². The Kier molecular flexibility index (Phi) is 3.53. The predicted octanol–water partition coefficient (Wildman–Crippen LogP) is 3.34. The van der Waals surface area contributed by atoms with Crippen LogP contribution in [0.2, 0.25) is 0 Å². The number of amides is 2. The summed E-state index contributed by atoms with van der Waals surface area (Å²) in [6.07, 6.45) is 0. The Morgan fingerprint density at radius 3 is 2.88 bits per heavy atom. The molecule has 0 radical (unpaired) electrons. The normalized spacial score (nSPS) is 16.4. The zero-order chi connectivity index (χ0) is 17.6. The van der Waals surface area contributed by atoms with Gasteiger partial charge in [0.1, 0.15) is 11.5 Å². The zero-order valence-electron chi connectivity index (χ0n) is 13.5. The van der Waals surface area contributed by atoms with E-state index in [0.29, 0.717) is 23.5 Å². The fourth-order valence-corrected chi connectivity index (χ4v) is 3.20. The molecule has 0 fully saturated rings. The van der Waals surface area contributed by atoms with Crippen molar-refractivity contribution in [3.63, 3.8) is 0 Å². The minimum absolute atomic E-state index is 0.103. The van der Waals surface area contributed by atoms with Crippen molar-refractivity contribution in [2.75, 3.05) is 11.9 Å². The smallest absolute Gasteiger partial charge is 0.268 e. The fraction of sp³-hybridized carbons (Fsp3) is 0.158. The SMILES string of the molecule is CC1CNC(=O)c2cc3ccc(C(=O)Nc4cccc(F)c4)cc3n21. The van der Waals surface area contributed by atoms with E-state index >= 15 is 0 Å². The first-order valence-corrected chi connectivity index (χ1v) is 8.03. The van der Waals surface area contributed by atoms with Gasteiger partial charge >= 0.3 is 0 Å². The highest BCUT2D eigenvalue weighted by molar-refractivity contribution is 6.07. The van der Waals surface area contributed by atoms with Gasteiger partial charge in [0.2, 0.25) is 0 Å². The van der Waals surface area contributed by atoms with Gasteiger partial charge < -0.3 is 15.2 Å². The molecule has 3 aromatic rings. The summed E-state index contributed by atoms with van der Waals surface area (Å²) in [5, 5.41) is 6.44. The summed E-state index contributed by atoms with van der Waals surface area (Å²) >= 11 is 0. The van der Waals surface area contributed by atoms with Crippen LogP contribution in [0.3, 0.4) is 0 Å². The summed E-state index contributed by atoms with van der Waals surface area (Å²) in [6, 6.07) is 13.0. The van der Waals surface area contributed by atoms with E-state index < -0.39 is 5.82 Å². The van der Waals surface area contributed by atoms with Gasteiger partial charge in [-0.1, -0.05) is 12.1 Å². The van der Waals surface area contributed by atoms with Crippen LogP contribution in [0.25, 0.3) is 10.9 Å². The molecule has 4 rings (SSSR count). The molecule has 0 saturated carbocycles. The van der Waals surface area contributed by atoms with Crippen molar-refractivity contribution >= 4 is 28.4 Å². The number of carbonyl (C=O) groups is 2. The van der Waals surface area contributed by atoms with E-state index in [1.54, 1.807) is 18.2 Å². The van der Waals surface area contributed by atoms with E-state index in [4.69, 9.17) is 0 Å². The van der Waals surface area contributed by atoms with Gasteiger partial charge in [-0.3, -0.25) is 9.59 Å². The van der Waals surface area contributed by atoms with Crippen molar-refractivity contribution in [2.45, 2.75) is 13.0 Å². The molecule has 0 spiro atoms. The summed E-state index contributed by atoms with van der Waals surface area (Å²) in [7, 11) is 0. The van der Waals surface area contributed by atoms with Gasteiger partial charge in [-0.25, -0.2) is 4.39 Å². The molecule has 2 heterocycles. The Morgan fingerprint density at radius 1 is 1.24 bits per heavy atom. The van der Waals surface area contributed by atoms with Crippen molar-refractivity contribution in [2.24, 2.45) is 0 Å². The van der Waals surface area contributed by atoms with Gasteiger partial charge in [0, 0.05) is 34.7 Å². The van der Waals surface area contributed by atoms with Crippen LogP contribution in [0.4, 0.5) is 10.1 Å². The third kappa shape index (κ3) is 2.65. The molecule has 25 heavy (non-hydrogen) atoms. The highest BCUT2D eigenvalue weighted by Gasteiger charge is 2.24. The van der Waals surface area contributed by atoms with Crippen LogP contribution >= 0.6 is 0 Å². The number of fused-ring (bicyclic) bond motifs is 3. The van der Waals surface area contributed by atoms with Crippen LogP contribution in [-0.4, -0.2) is 22.9 Å². The molecule has 6 heteroatoms. The topological polar surface area (TPSA) is 63.1 Å². The third-order valence-corrected chi connectivity index (χ3v) is 4.42. The lowest BCUT2D eigenvalue weighted by molar-refractivity contribution is 0.0919. The number of anilines is 1. The number of nitrogens with one attached hydrogen (secondary N) is 2. The number of benzene rings is 2. The minimum Gasteiger partial charge on any atom is -0.349 e. The van der Waals surface area contributed by atoms with Gasteiger partial charge in [-0.2, -0.15) is 0 Å². The molecule has 1 aliphatic rings. The summed E-state index contributed by atoms with van der Waals surface area (Å²) in [5.41, 5.74) is 2.28. The molecule has 5 nitrogen and oxygen atoms in total. The number of halogens is 1. The van der Waals surface area contributed by atoms with Crippen LogP contribution in [0.1, 0.15) is 33.8 Å². The molecule has 2 N–H and O–H groups in total. The van der Waals surface area contributed by atoms with Gasteiger partial charge in [-0.15, -0.1) is 0 Å². The molecule has 2 amide bonds. The Labute approximate surface area is 143 Å². The van der Waals surface area contributed by atoms with Crippen molar-refractivity contribution < 1.29 is 14.0 Å². The molecule has 0 aliphatic carbocycles. The maximum atomic E-state index is 13.3. The fourth-order valence-electron chi connectivity index (χ4n) is 3.20. The molecule has 1 atom stereocenters. The summed E-state index contributed by atoms with van der Waals surface area (Å²) in [6.45, 7) is 2.57. The highest BCUT2D eigenvalue weighted by Crippen LogP contribution is 2.27. The number of hydrogen-bond donors (Lipinski definition) is 2. The van der Waals surface area contributed by atoms with E-state index in [-0.39, 0.29) is 17.9 Å². The predicted molar refractivity (Wildman–Crippen MR) is 93.3 cm³/mol. The van der Waals surface area contributed by atoms with Gasteiger partial charge in [0.25, 0.3) is 11.8 Å². The molecular weight excluding hydrogens is 321 g/mol. The number of aromatic nitrogens is 1. The first-order chi connectivity index (χ1) is 12.0. The Bertz CT molecular complexity index is 1010. The lowest BCUT2D eigenvalue weighted by Gasteiger charge is -2.24. The van der Waals surface area contributed by atoms with Crippen molar-refractivity contribution in [3.05, 3.63) is 65.6 Å². The van der Waals surface area contributed by atoms with Gasteiger partial charge in [0.15, 0.2) is 0 Å². The molecule has 0 saturated heterocycles. The first kappa shape index (κ1) is 15.4. The van der Waals surface area contributed by atoms with E-state index in [0.717, 1.165) is 10.9 Å². The highest BCUT2D eigenvalue weighted by atomic mass is 19.1. The lowest BCUT2D eigenvalue weighted by atomic mass is 10.1. The zero-order valence-corrected chi connectivity index (χ0v) is 13.5. The summed E-state index contributed by atoms with van der Waals surface area (Å²) in [5.74, 6) is -0.843. The van der Waals surface area contributed by atoms with Crippen molar-refractivity contribution in [1.82, 2.24) is 9.88 Å². The summed E-state index contributed by atoms with van der Waals surface area (Å²) < 4.78 is 15.2. The Balaban J connectivity index is 1.72. The quantitative estimate of drug-likeness (QED) is 0.753. The average molecular weight is 337 g/mol. The molecule has 1 aliphatic heterocycles. The molecule has 1 aromatic heterocycles. The van der Waals surface area contributed by atoms with E-state index in [2.05, 4.69) is 10.6 Å². The number of carbonyl (C=O) groups excluding carboxylic acids is 2. The molecule has 126 valence electrons. The van der Waals surface area contributed by atoms with Crippen LogP contribution in [0.5, 0.6) is 0 Å². The van der Waals surface area contributed by atoms with Crippen molar-refractivity contribution in [1.29, 1.82) is 0 Å². The molecular formula is C19H16FN3O2. The maximum absolute atomic E-state index is 13.3. The standard InChI is InChI=1S/C19H16FN3O2/c1-11-10-21-19(25)17-7-12-5-6-13(8-16(12)23(11)17)18(24)22-15-4-2-3-14(20)9-15/h2-9,11H,10H2,1H3,(H,21,25)(H,22,24). The lowest BCUT2D eigenvalue weighted by Crippen LogP contribution is -2.37. The van der Waals surface area contributed by atoms with Crippen LogP contribution in [0, 0.1) is 5.82 Å². The van der Waals surface area contributed by atoms with Crippen LogP contribution < -0.4 is 10.6 Å². The number of hydrogen-bond acceptors (Lipinski definition) is 2. The van der Waals surface area contributed by atoms with E-state index in [1.165, 1.54) is 18.2 Å². The molecule has 1 unspecified atom stereocenters. The van der Waals surface area contributed by atoms with Crippen LogP contribution in [0.15, 0.2) is 48.5 Å². The second-order valence-corrected chi connectivity index (χ2v) is 6.20. The largest absolute Gasteiger partial charge is 0.349 e. The first-order valence-electron chi connectivity index (χ1n) is 8.03. The minimum atomic E-state index is -0.409. The maximum Gasteiger partial charge on any atom is 0.268 e. The molecule has 2 aromatic carbocycles. The Hall–Kier alpha value is -3.15. The van der Waals surface area contributed by atoms with Gasteiger partial charge in [-0.05, 0) is 43.3 Å². The number of rotatable bonds is 2. The van der Waals surface area contributed by atoms with E-state index in [1.807, 2.05) is 23.6 Å². The molecule has 0 bridgehead atoms.